The van der Waals surface area contributed by atoms with Gasteiger partial charge in [-0.3, -0.25) is 4.79 Å². The number of amides is 1. The normalized spacial score (nSPS) is 9.76. The molecule has 25 heavy (non-hydrogen) atoms. The Hall–Kier alpha value is -2.35. The molecule has 0 aromatic heterocycles. The van der Waals surface area contributed by atoms with Crippen molar-refractivity contribution in [1.29, 1.82) is 0 Å². The first-order valence-electron chi connectivity index (χ1n) is 7.56. The SMILES string of the molecule is CN(C)c1ccc(C#CCNC(=O)COc2ccc(Cl)cc2Cl)cc1. The Labute approximate surface area is 157 Å². The Balaban J connectivity index is 1.77. The molecule has 6 heteroatoms. The van der Waals surface area contributed by atoms with Crippen LogP contribution in [0, 0.1) is 11.8 Å². The van der Waals surface area contributed by atoms with Crippen LogP contribution in [-0.2, 0) is 4.79 Å². The summed E-state index contributed by atoms with van der Waals surface area (Å²) in [5.74, 6) is 6.03. The van der Waals surface area contributed by atoms with Crippen LogP contribution in [0.1, 0.15) is 5.56 Å². The lowest BCUT2D eigenvalue weighted by molar-refractivity contribution is -0.122. The predicted octanol–water partition coefficient (Wildman–Crippen LogP) is 3.61. The van der Waals surface area contributed by atoms with Crippen LogP contribution >= 0.6 is 23.2 Å². The number of halogens is 2. The molecule has 2 rings (SSSR count). The van der Waals surface area contributed by atoms with Crippen LogP contribution in [-0.4, -0.2) is 33.2 Å². The lowest BCUT2D eigenvalue weighted by Crippen LogP contribution is -2.29. The molecule has 1 N–H and O–H groups in total. The Bertz CT molecular complexity index is 793. The third-order valence-electron chi connectivity index (χ3n) is 3.24. The maximum absolute atomic E-state index is 11.7. The van der Waals surface area contributed by atoms with Gasteiger partial charge in [-0.25, -0.2) is 0 Å². The van der Waals surface area contributed by atoms with Crippen molar-refractivity contribution in [3.63, 3.8) is 0 Å². The van der Waals surface area contributed by atoms with Gasteiger partial charge in [0.25, 0.3) is 5.91 Å². The van der Waals surface area contributed by atoms with Crippen molar-refractivity contribution >= 4 is 34.8 Å². The van der Waals surface area contributed by atoms with Crippen LogP contribution in [0.5, 0.6) is 5.75 Å². The van der Waals surface area contributed by atoms with Gasteiger partial charge in [-0.1, -0.05) is 35.0 Å². The van der Waals surface area contributed by atoms with Crippen LogP contribution in [0.4, 0.5) is 5.69 Å². The summed E-state index contributed by atoms with van der Waals surface area (Å²) < 4.78 is 5.35. The molecule has 0 unspecified atom stereocenters. The molecule has 0 saturated heterocycles. The topological polar surface area (TPSA) is 41.6 Å². The van der Waals surface area contributed by atoms with Crippen LogP contribution in [0.3, 0.4) is 0 Å². The van der Waals surface area contributed by atoms with E-state index in [1.165, 1.54) is 0 Å². The van der Waals surface area contributed by atoms with Gasteiger partial charge >= 0.3 is 0 Å². The molecule has 4 nitrogen and oxygen atoms in total. The van der Waals surface area contributed by atoms with Crippen molar-refractivity contribution in [1.82, 2.24) is 5.32 Å². The highest BCUT2D eigenvalue weighted by atomic mass is 35.5. The van der Waals surface area contributed by atoms with Crippen molar-refractivity contribution in [3.05, 3.63) is 58.1 Å². The van der Waals surface area contributed by atoms with Crippen LogP contribution in [0.15, 0.2) is 42.5 Å². The van der Waals surface area contributed by atoms with E-state index in [1.807, 2.05) is 43.3 Å². The minimum atomic E-state index is -0.275. The minimum absolute atomic E-state index is 0.138. The molecule has 0 atom stereocenters. The van der Waals surface area contributed by atoms with E-state index in [0.29, 0.717) is 15.8 Å². The number of rotatable bonds is 5. The molecule has 0 saturated carbocycles. The standard InChI is InChI=1S/C19H18Cl2N2O2/c1-23(2)16-8-5-14(6-9-16)4-3-11-22-19(24)13-25-18-10-7-15(20)12-17(18)21/h5-10,12H,11,13H2,1-2H3,(H,22,24). The number of carbonyl (C=O) groups is 1. The van der Waals surface area contributed by atoms with Gasteiger partial charge in [-0.05, 0) is 42.5 Å². The van der Waals surface area contributed by atoms with Crippen molar-refractivity contribution in [2.45, 2.75) is 0 Å². The summed E-state index contributed by atoms with van der Waals surface area (Å²) in [7, 11) is 3.96. The Morgan fingerprint density at radius 1 is 1.16 bits per heavy atom. The molecule has 0 fully saturated rings. The van der Waals surface area contributed by atoms with Crippen molar-refractivity contribution in [2.24, 2.45) is 0 Å². The first-order valence-corrected chi connectivity index (χ1v) is 8.32. The highest BCUT2D eigenvalue weighted by Crippen LogP contribution is 2.27. The van der Waals surface area contributed by atoms with E-state index in [2.05, 4.69) is 17.2 Å². The van der Waals surface area contributed by atoms with Gasteiger partial charge in [0, 0.05) is 30.4 Å². The molecule has 1 amide bonds. The monoisotopic (exact) mass is 376 g/mol. The smallest absolute Gasteiger partial charge is 0.258 e. The molecule has 0 radical (unpaired) electrons. The van der Waals surface area contributed by atoms with Crippen molar-refractivity contribution < 1.29 is 9.53 Å². The van der Waals surface area contributed by atoms with Gasteiger partial charge in [0.05, 0.1) is 11.6 Å². The molecule has 0 bridgehead atoms. The quantitative estimate of drug-likeness (QED) is 0.810. The molecule has 0 aliphatic rings. The lowest BCUT2D eigenvalue weighted by Gasteiger charge is -2.11. The Kier molecular flexibility index (Phi) is 7.00. The molecular formula is C19H18Cl2N2O2. The molecule has 0 aliphatic heterocycles. The summed E-state index contributed by atoms with van der Waals surface area (Å²) >= 11 is 11.8. The molecule has 130 valence electrons. The van der Waals surface area contributed by atoms with Crippen LogP contribution in [0.25, 0.3) is 0 Å². The zero-order chi connectivity index (χ0) is 18.2. The fourth-order valence-electron chi connectivity index (χ4n) is 1.92. The molecule has 0 heterocycles. The molecule has 0 spiro atoms. The van der Waals surface area contributed by atoms with Crippen LogP contribution < -0.4 is 15.0 Å². The van der Waals surface area contributed by atoms with Crippen LogP contribution in [0.2, 0.25) is 10.0 Å². The molecule has 2 aromatic carbocycles. The number of carbonyl (C=O) groups excluding carboxylic acids is 1. The third-order valence-corrected chi connectivity index (χ3v) is 3.77. The lowest BCUT2D eigenvalue weighted by atomic mass is 10.2. The summed E-state index contributed by atoms with van der Waals surface area (Å²) in [4.78, 5) is 13.8. The first kappa shape index (κ1) is 19.0. The van der Waals surface area contributed by atoms with Gasteiger partial charge in [-0.2, -0.15) is 0 Å². The van der Waals surface area contributed by atoms with E-state index < -0.39 is 0 Å². The van der Waals surface area contributed by atoms with E-state index >= 15 is 0 Å². The fraction of sp³-hybridized carbons (Fsp3) is 0.211. The van der Waals surface area contributed by atoms with Gasteiger partial charge < -0.3 is 15.0 Å². The molecular weight excluding hydrogens is 359 g/mol. The largest absolute Gasteiger partial charge is 0.482 e. The summed E-state index contributed by atoms with van der Waals surface area (Å²) in [6.45, 7) is 0.104. The average molecular weight is 377 g/mol. The van der Waals surface area contributed by atoms with Crippen molar-refractivity contribution in [3.8, 4) is 17.6 Å². The van der Waals surface area contributed by atoms with E-state index in [4.69, 9.17) is 27.9 Å². The van der Waals surface area contributed by atoms with Gasteiger partial charge in [0.1, 0.15) is 5.75 Å². The number of benzene rings is 2. The van der Waals surface area contributed by atoms with E-state index in [1.54, 1.807) is 18.2 Å². The highest BCUT2D eigenvalue weighted by molar-refractivity contribution is 6.35. The molecule has 2 aromatic rings. The molecule has 0 aliphatic carbocycles. The zero-order valence-electron chi connectivity index (χ0n) is 14.0. The summed E-state index contributed by atoms with van der Waals surface area (Å²) in [6.07, 6.45) is 0. The first-order chi connectivity index (χ1) is 12.0. The maximum atomic E-state index is 11.7. The average Bonchev–Trinajstić information content (AvgIpc) is 2.58. The third kappa shape index (κ3) is 6.22. The summed E-state index contributed by atoms with van der Waals surface area (Å²) in [5.41, 5.74) is 2.00. The maximum Gasteiger partial charge on any atom is 0.258 e. The number of anilines is 1. The van der Waals surface area contributed by atoms with E-state index in [-0.39, 0.29) is 19.1 Å². The van der Waals surface area contributed by atoms with Gasteiger partial charge in [0.15, 0.2) is 6.61 Å². The summed E-state index contributed by atoms with van der Waals surface area (Å²) in [6, 6.07) is 12.7. The minimum Gasteiger partial charge on any atom is -0.482 e. The second-order valence-electron chi connectivity index (χ2n) is 5.38. The van der Waals surface area contributed by atoms with Gasteiger partial charge in [0.2, 0.25) is 0 Å². The van der Waals surface area contributed by atoms with Gasteiger partial charge in [-0.15, -0.1) is 0 Å². The Morgan fingerprint density at radius 2 is 1.88 bits per heavy atom. The zero-order valence-corrected chi connectivity index (χ0v) is 15.5. The second kappa shape index (κ2) is 9.22. The predicted molar refractivity (Wildman–Crippen MR) is 103 cm³/mol. The second-order valence-corrected chi connectivity index (χ2v) is 6.23. The van der Waals surface area contributed by atoms with E-state index in [0.717, 1.165) is 11.3 Å². The number of nitrogens with zero attached hydrogens (tertiary/aromatic N) is 1. The number of hydrogen-bond acceptors (Lipinski definition) is 3. The number of nitrogens with one attached hydrogen (secondary N) is 1. The Morgan fingerprint density at radius 3 is 2.52 bits per heavy atom. The number of ether oxygens (including phenoxy) is 1. The highest BCUT2D eigenvalue weighted by Gasteiger charge is 2.05. The van der Waals surface area contributed by atoms with E-state index in [9.17, 15) is 4.79 Å². The van der Waals surface area contributed by atoms with Crippen molar-refractivity contribution in [2.75, 3.05) is 32.1 Å². The summed E-state index contributed by atoms with van der Waals surface area (Å²) in [5, 5.41) is 3.54. The number of hydrogen-bond donors (Lipinski definition) is 1. The fourth-order valence-corrected chi connectivity index (χ4v) is 2.38.